The summed E-state index contributed by atoms with van der Waals surface area (Å²) in [6.07, 6.45) is 0. The molecule has 0 bridgehead atoms. The largest absolute Gasteiger partial charge is 0.541 e. The molecule has 1 aromatic rings. The lowest BCUT2D eigenvalue weighted by atomic mass is 10.2. The Morgan fingerprint density at radius 3 is 2.16 bits per heavy atom. The van der Waals surface area contributed by atoms with Gasteiger partial charge in [-0.15, -0.1) is 0 Å². The van der Waals surface area contributed by atoms with Gasteiger partial charge in [0.15, 0.2) is 5.82 Å². The first-order valence-electron chi connectivity index (χ1n) is 5.78. The standard InChI is InChI=1S/C12H17F2NO3Si/c1-12(2,3)19(4,5)18-11-7-10(15(16)17)8(13)6-9(11)14/h6-7H,1-5H3. The Kier molecular flexibility index (Phi) is 3.99. The van der Waals surface area contributed by atoms with E-state index in [9.17, 15) is 18.9 Å². The zero-order valence-electron chi connectivity index (χ0n) is 11.6. The average molecular weight is 289 g/mol. The van der Waals surface area contributed by atoms with Crippen LogP contribution >= 0.6 is 0 Å². The van der Waals surface area contributed by atoms with E-state index in [1.807, 2.05) is 33.9 Å². The Bertz CT molecular complexity index is 512. The smallest absolute Gasteiger partial charge is 0.308 e. The maximum Gasteiger partial charge on any atom is 0.308 e. The molecule has 4 nitrogen and oxygen atoms in total. The van der Waals surface area contributed by atoms with E-state index < -0.39 is 30.6 Å². The van der Waals surface area contributed by atoms with Crippen molar-refractivity contribution in [2.75, 3.05) is 0 Å². The Hall–Kier alpha value is -1.50. The van der Waals surface area contributed by atoms with Gasteiger partial charge in [-0.25, -0.2) is 4.39 Å². The van der Waals surface area contributed by atoms with Crippen LogP contribution in [-0.4, -0.2) is 13.2 Å². The maximum absolute atomic E-state index is 13.6. The first-order valence-corrected chi connectivity index (χ1v) is 8.69. The molecule has 0 N–H and O–H groups in total. The van der Waals surface area contributed by atoms with Gasteiger partial charge in [-0.2, -0.15) is 4.39 Å². The third kappa shape index (κ3) is 3.28. The van der Waals surface area contributed by atoms with Crippen molar-refractivity contribution in [3.8, 4) is 5.75 Å². The van der Waals surface area contributed by atoms with Crippen LogP contribution in [0.15, 0.2) is 12.1 Å². The van der Waals surface area contributed by atoms with Gasteiger partial charge in [0.25, 0.3) is 8.32 Å². The van der Waals surface area contributed by atoms with Gasteiger partial charge in [0.05, 0.1) is 11.0 Å². The minimum absolute atomic E-state index is 0.192. The SMILES string of the molecule is CC(C)(C)[Si](C)(C)Oc1cc([N+](=O)[O-])c(F)cc1F. The lowest BCUT2D eigenvalue weighted by Crippen LogP contribution is -2.44. The summed E-state index contributed by atoms with van der Waals surface area (Å²) < 4.78 is 32.5. The van der Waals surface area contributed by atoms with Crippen LogP contribution in [0.5, 0.6) is 5.75 Å². The molecule has 7 heteroatoms. The fourth-order valence-corrected chi connectivity index (χ4v) is 2.18. The molecule has 1 rings (SSSR count). The van der Waals surface area contributed by atoms with Crippen LogP contribution in [0.4, 0.5) is 14.5 Å². The number of nitro benzene ring substituents is 1. The third-order valence-corrected chi connectivity index (χ3v) is 7.71. The zero-order chi connectivity index (χ0) is 15.0. The monoisotopic (exact) mass is 289 g/mol. The quantitative estimate of drug-likeness (QED) is 0.474. The molecular weight excluding hydrogens is 272 g/mol. The number of hydrogen-bond acceptors (Lipinski definition) is 3. The number of hydrogen-bond donors (Lipinski definition) is 0. The van der Waals surface area contributed by atoms with E-state index in [0.29, 0.717) is 6.07 Å². The molecule has 0 radical (unpaired) electrons. The highest BCUT2D eigenvalue weighted by Gasteiger charge is 2.40. The van der Waals surface area contributed by atoms with Crippen molar-refractivity contribution < 1.29 is 18.1 Å². The molecule has 0 fully saturated rings. The van der Waals surface area contributed by atoms with Crippen LogP contribution in [-0.2, 0) is 0 Å². The highest BCUT2D eigenvalue weighted by atomic mass is 28.4. The van der Waals surface area contributed by atoms with Gasteiger partial charge in [-0.3, -0.25) is 10.1 Å². The minimum Gasteiger partial charge on any atom is -0.541 e. The van der Waals surface area contributed by atoms with E-state index in [-0.39, 0.29) is 10.8 Å². The highest BCUT2D eigenvalue weighted by Crippen LogP contribution is 2.39. The number of nitro groups is 1. The molecule has 106 valence electrons. The Labute approximate surface area is 111 Å². The molecular formula is C12H17F2NO3Si. The third-order valence-electron chi connectivity index (χ3n) is 3.37. The molecule has 0 atom stereocenters. The molecule has 0 saturated heterocycles. The van der Waals surface area contributed by atoms with E-state index in [2.05, 4.69) is 0 Å². The fraction of sp³-hybridized carbons (Fsp3) is 0.500. The molecule has 0 unspecified atom stereocenters. The number of benzene rings is 1. The second-order valence-electron chi connectivity index (χ2n) is 5.85. The normalized spacial score (nSPS) is 12.4. The lowest BCUT2D eigenvalue weighted by Gasteiger charge is -2.36. The number of rotatable bonds is 3. The first kappa shape index (κ1) is 15.6. The lowest BCUT2D eigenvalue weighted by molar-refractivity contribution is -0.387. The van der Waals surface area contributed by atoms with Crippen molar-refractivity contribution in [3.63, 3.8) is 0 Å². The Morgan fingerprint density at radius 1 is 1.21 bits per heavy atom. The highest BCUT2D eigenvalue weighted by molar-refractivity contribution is 6.74. The van der Waals surface area contributed by atoms with E-state index in [1.54, 1.807) is 0 Å². The second kappa shape index (κ2) is 4.88. The molecule has 0 aliphatic carbocycles. The maximum atomic E-state index is 13.6. The second-order valence-corrected chi connectivity index (χ2v) is 10.6. The van der Waals surface area contributed by atoms with Crippen LogP contribution in [0.3, 0.4) is 0 Å². The van der Waals surface area contributed by atoms with Crippen molar-refractivity contribution in [1.29, 1.82) is 0 Å². The Balaban J connectivity index is 3.22. The molecule has 1 aromatic carbocycles. The van der Waals surface area contributed by atoms with Gasteiger partial charge < -0.3 is 4.43 Å². The van der Waals surface area contributed by atoms with Crippen molar-refractivity contribution >= 4 is 14.0 Å². The summed E-state index contributed by atoms with van der Waals surface area (Å²) in [5, 5.41) is 10.5. The predicted octanol–water partition coefficient (Wildman–Crippen LogP) is 4.26. The summed E-state index contributed by atoms with van der Waals surface area (Å²) >= 11 is 0. The molecule has 0 spiro atoms. The first-order chi connectivity index (χ1) is 8.45. The Morgan fingerprint density at radius 2 is 1.74 bits per heavy atom. The van der Waals surface area contributed by atoms with E-state index >= 15 is 0 Å². The van der Waals surface area contributed by atoms with Crippen molar-refractivity contribution in [2.45, 2.75) is 38.9 Å². The number of halogens is 2. The van der Waals surface area contributed by atoms with Gasteiger partial charge in [-0.05, 0) is 18.1 Å². The zero-order valence-corrected chi connectivity index (χ0v) is 12.6. The molecule has 0 heterocycles. The van der Waals surface area contributed by atoms with Gasteiger partial charge in [0.1, 0.15) is 5.75 Å². The molecule has 0 amide bonds. The van der Waals surface area contributed by atoms with Gasteiger partial charge in [0, 0.05) is 6.07 Å². The van der Waals surface area contributed by atoms with Crippen molar-refractivity contribution in [3.05, 3.63) is 33.9 Å². The predicted molar refractivity (Wildman–Crippen MR) is 70.8 cm³/mol. The van der Waals surface area contributed by atoms with Crippen LogP contribution in [0, 0.1) is 21.7 Å². The fourth-order valence-electron chi connectivity index (χ4n) is 1.16. The van der Waals surface area contributed by atoms with Crippen LogP contribution < -0.4 is 4.43 Å². The number of nitrogens with zero attached hydrogens (tertiary/aromatic N) is 1. The van der Waals surface area contributed by atoms with Gasteiger partial charge in [-0.1, -0.05) is 20.8 Å². The van der Waals surface area contributed by atoms with Crippen molar-refractivity contribution in [2.24, 2.45) is 0 Å². The van der Waals surface area contributed by atoms with Crippen LogP contribution in [0.25, 0.3) is 0 Å². The van der Waals surface area contributed by atoms with Crippen LogP contribution in [0.2, 0.25) is 18.1 Å². The molecule has 19 heavy (non-hydrogen) atoms. The van der Waals surface area contributed by atoms with E-state index in [4.69, 9.17) is 4.43 Å². The summed E-state index contributed by atoms with van der Waals surface area (Å²) in [6, 6.07) is 1.30. The van der Waals surface area contributed by atoms with Crippen LogP contribution in [0.1, 0.15) is 20.8 Å². The summed E-state index contributed by atoms with van der Waals surface area (Å²) in [7, 11) is -2.34. The van der Waals surface area contributed by atoms with Gasteiger partial charge in [0.2, 0.25) is 5.82 Å². The molecule has 0 saturated carbocycles. The van der Waals surface area contributed by atoms with Gasteiger partial charge >= 0.3 is 5.69 Å². The summed E-state index contributed by atoms with van der Waals surface area (Å²) in [5.74, 6) is -2.39. The van der Waals surface area contributed by atoms with E-state index in [1.165, 1.54) is 0 Å². The average Bonchev–Trinajstić information content (AvgIpc) is 2.19. The molecule has 0 aromatic heterocycles. The molecule has 0 aliphatic rings. The van der Waals surface area contributed by atoms with E-state index in [0.717, 1.165) is 6.07 Å². The summed E-state index contributed by atoms with van der Waals surface area (Å²) in [5.41, 5.74) is -0.782. The minimum atomic E-state index is -2.34. The summed E-state index contributed by atoms with van der Waals surface area (Å²) in [6.45, 7) is 9.61. The topological polar surface area (TPSA) is 52.4 Å². The molecule has 0 aliphatic heterocycles. The van der Waals surface area contributed by atoms with Crippen molar-refractivity contribution in [1.82, 2.24) is 0 Å². The summed E-state index contributed by atoms with van der Waals surface area (Å²) in [4.78, 5) is 9.75.